The normalized spacial score (nSPS) is 16.8. The second-order valence-corrected chi connectivity index (χ2v) is 13.1. The van der Waals surface area contributed by atoms with Gasteiger partial charge in [0.15, 0.2) is 14.1 Å². The molecule has 0 rings (SSSR count). The highest BCUT2D eigenvalue weighted by Gasteiger charge is 2.38. The zero-order valence-corrected chi connectivity index (χ0v) is 17.0. The molecule has 0 saturated carbocycles. The molecule has 0 fully saturated rings. The minimum atomic E-state index is -1.83. The number of carbonyl (C=O) groups excluding carboxylic acids is 1. The standard InChI is InChI=1S/C18H36O3Si/c1-13(2)10-16(19)12-17(20)14(3)11-15(4)21-22(8,9)18(5,6)7/h11,13,15-16,19H,10,12H2,1-9H3/b14-11+/t15-,16-/m0/s1. The summed E-state index contributed by atoms with van der Waals surface area (Å²) in [5, 5.41) is 10.0. The lowest BCUT2D eigenvalue weighted by Gasteiger charge is -2.38. The Morgan fingerprint density at radius 3 is 2.14 bits per heavy atom. The van der Waals surface area contributed by atoms with Crippen LogP contribution in [0.5, 0.6) is 0 Å². The fraction of sp³-hybridized carbons (Fsp3) is 0.833. The molecule has 4 heteroatoms. The van der Waals surface area contributed by atoms with Crippen molar-refractivity contribution in [2.24, 2.45) is 5.92 Å². The van der Waals surface area contributed by atoms with E-state index in [1.54, 1.807) is 0 Å². The van der Waals surface area contributed by atoms with E-state index >= 15 is 0 Å². The third kappa shape index (κ3) is 7.70. The van der Waals surface area contributed by atoms with Crippen LogP contribution in [0.1, 0.15) is 61.3 Å². The third-order valence-electron chi connectivity index (χ3n) is 4.38. The Labute approximate surface area is 138 Å². The third-order valence-corrected chi connectivity index (χ3v) is 8.95. The average molecular weight is 329 g/mol. The molecule has 0 aliphatic rings. The van der Waals surface area contributed by atoms with E-state index in [4.69, 9.17) is 4.43 Å². The molecule has 3 nitrogen and oxygen atoms in total. The van der Waals surface area contributed by atoms with Gasteiger partial charge in [0, 0.05) is 6.42 Å². The van der Waals surface area contributed by atoms with Crippen molar-refractivity contribution in [1.29, 1.82) is 0 Å². The number of rotatable bonds is 8. The van der Waals surface area contributed by atoms with Crippen LogP contribution in [0, 0.1) is 5.92 Å². The number of aliphatic hydroxyl groups excluding tert-OH is 1. The number of hydrogen-bond donors (Lipinski definition) is 1. The van der Waals surface area contributed by atoms with Gasteiger partial charge in [-0.25, -0.2) is 0 Å². The molecule has 0 aromatic heterocycles. The van der Waals surface area contributed by atoms with Gasteiger partial charge in [-0.1, -0.05) is 40.7 Å². The van der Waals surface area contributed by atoms with Crippen LogP contribution in [0.15, 0.2) is 11.6 Å². The van der Waals surface area contributed by atoms with Gasteiger partial charge in [0.05, 0.1) is 12.2 Å². The Bertz CT molecular complexity index is 392. The van der Waals surface area contributed by atoms with E-state index in [0.717, 1.165) is 0 Å². The summed E-state index contributed by atoms with van der Waals surface area (Å²) in [6.45, 7) is 18.9. The summed E-state index contributed by atoms with van der Waals surface area (Å²) in [6.07, 6.45) is 2.13. The second-order valence-electron chi connectivity index (χ2n) is 8.34. The Balaban J connectivity index is 4.67. The van der Waals surface area contributed by atoms with Gasteiger partial charge < -0.3 is 9.53 Å². The van der Waals surface area contributed by atoms with Crippen molar-refractivity contribution in [3.8, 4) is 0 Å². The van der Waals surface area contributed by atoms with Crippen LogP contribution in [-0.2, 0) is 9.22 Å². The van der Waals surface area contributed by atoms with Crippen LogP contribution in [0.4, 0.5) is 0 Å². The maximum atomic E-state index is 12.2. The first-order chi connectivity index (χ1) is 9.76. The van der Waals surface area contributed by atoms with Crippen LogP contribution in [0.3, 0.4) is 0 Å². The second kappa shape index (κ2) is 8.41. The minimum Gasteiger partial charge on any atom is -0.411 e. The van der Waals surface area contributed by atoms with Crippen molar-refractivity contribution in [2.45, 2.75) is 91.6 Å². The molecule has 0 amide bonds. The molecule has 22 heavy (non-hydrogen) atoms. The first kappa shape index (κ1) is 21.5. The molecule has 0 heterocycles. The summed E-state index contributed by atoms with van der Waals surface area (Å²) in [5.41, 5.74) is 0.689. The molecule has 0 bridgehead atoms. The summed E-state index contributed by atoms with van der Waals surface area (Å²) in [4.78, 5) is 12.2. The lowest BCUT2D eigenvalue weighted by atomic mass is 9.99. The highest BCUT2D eigenvalue weighted by atomic mass is 28.4. The van der Waals surface area contributed by atoms with Gasteiger partial charge in [-0.2, -0.15) is 0 Å². The lowest BCUT2D eigenvalue weighted by Crippen LogP contribution is -2.43. The van der Waals surface area contributed by atoms with Gasteiger partial charge in [-0.05, 0) is 49.9 Å². The van der Waals surface area contributed by atoms with Crippen molar-refractivity contribution in [1.82, 2.24) is 0 Å². The van der Waals surface area contributed by atoms with E-state index in [2.05, 4.69) is 33.9 Å². The van der Waals surface area contributed by atoms with Crippen LogP contribution in [-0.4, -0.2) is 31.4 Å². The van der Waals surface area contributed by atoms with E-state index in [9.17, 15) is 9.90 Å². The largest absolute Gasteiger partial charge is 0.411 e. The smallest absolute Gasteiger partial charge is 0.192 e. The maximum absolute atomic E-state index is 12.2. The number of ketones is 1. The zero-order valence-electron chi connectivity index (χ0n) is 16.0. The number of hydrogen-bond acceptors (Lipinski definition) is 3. The first-order valence-electron chi connectivity index (χ1n) is 8.33. The molecule has 0 aliphatic carbocycles. The first-order valence-corrected chi connectivity index (χ1v) is 11.2. The molecular formula is C18H36O3Si. The van der Waals surface area contributed by atoms with Crippen LogP contribution in [0.2, 0.25) is 18.1 Å². The van der Waals surface area contributed by atoms with E-state index < -0.39 is 14.4 Å². The molecular weight excluding hydrogens is 292 g/mol. The van der Waals surface area contributed by atoms with Crippen molar-refractivity contribution >= 4 is 14.1 Å². The van der Waals surface area contributed by atoms with Gasteiger partial charge in [0.25, 0.3) is 0 Å². The number of allylic oxidation sites excluding steroid dienone is 1. The van der Waals surface area contributed by atoms with Crippen molar-refractivity contribution in [3.63, 3.8) is 0 Å². The number of carbonyl (C=O) groups is 1. The number of Topliss-reactive ketones (excluding diaryl/α,β-unsaturated/α-hetero) is 1. The Hall–Kier alpha value is -0.453. The molecule has 0 unspecified atom stereocenters. The predicted octanol–water partition coefficient (Wildman–Crippen LogP) is 4.71. The Morgan fingerprint density at radius 2 is 1.73 bits per heavy atom. The highest BCUT2D eigenvalue weighted by molar-refractivity contribution is 6.74. The van der Waals surface area contributed by atoms with Crippen LogP contribution < -0.4 is 0 Å². The van der Waals surface area contributed by atoms with E-state index in [1.807, 2.05) is 33.8 Å². The van der Waals surface area contributed by atoms with Gasteiger partial charge >= 0.3 is 0 Å². The van der Waals surface area contributed by atoms with E-state index in [-0.39, 0.29) is 23.3 Å². The van der Waals surface area contributed by atoms with Crippen molar-refractivity contribution < 1.29 is 14.3 Å². The van der Waals surface area contributed by atoms with Gasteiger partial charge in [-0.3, -0.25) is 4.79 Å². The SMILES string of the molecule is C/C(=C\[C@H](C)O[Si](C)(C)C(C)(C)C)C(=O)C[C@@H](O)CC(C)C. The molecule has 1 N–H and O–H groups in total. The molecule has 0 aliphatic heterocycles. The summed E-state index contributed by atoms with van der Waals surface area (Å²) >= 11 is 0. The van der Waals surface area contributed by atoms with E-state index in [1.165, 1.54) is 0 Å². The summed E-state index contributed by atoms with van der Waals surface area (Å²) in [6, 6.07) is 0. The maximum Gasteiger partial charge on any atom is 0.192 e. The highest BCUT2D eigenvalue weighted by Crippen LogP contribution is 2.37. The molecule has 130 valence electrons. The molecule has 0 aromatic rings. The Morgan fingerprint density at radius 1 is 1.23 bits per heavy atom. The number of aliphatic hydroxyl groups is 1. The topological polar surface area (TPSA) is 46.5 Å². The lowest BCUT2D eigenvalue weighted by molar-refractivity contribution is -0.117. The zero-order chi connectivity index (χ0) is 17.7. The van der Waals surface area contributed by atoms with Gasteiger partial charge in [0.1, 0.15) is 0 Å². The fourth-order valence-corrected chi connectivity index (χ4v) is 3.47. The quantitative estimate of drug-likeness (QED) is 0.518. The van der Waals surface area contributed by atoms with Crippen LogP contribution in [0.25, 0.3) is 0 Å². The molecule has 2 atom stereocenters. The van der Waals surface area contributed by atoms with E-state index in [0.29, 0.717) is 17.9 Å². The monoisotopic (exact) mass is 328 g/mol. The minimum absolute atomic E-state index is 0.0128. The average Bonchev–Trinajstić information content (AvgIpc) is 2.24. The van der Waals surface area contributed by atoms with Crippen molar-refractivity contribution in [3.05, 3.63) is 11.6 Å². The molecule has 0 spiro atoms. The molecule has 0 aromatic carbocycles. The van der Waals surface area contributed by atoms with Crippen LogP contribution >= 0.6 is 0 Å². The van der Waals surface area contributed by atoms with Crippen molar-refractivity contribution in [2.75, 3.05) is 0 Å². The summed E-state index contributed by atoms with van der Waals surface area (Å²) < 4.78 is 6.24. The molecule has 0 radical (unpaired) electrons. The Kier molecular flexibility index (Phi) is 8.24. The summed E-state index contributed by atoms with van der Waals surface area (Å²) in [5.74, 6) is 0.409. The fourth-order valence-electron chi connectivity index (χ4n) is 2.12. The summed E-state index contributed by atoms with van der Waals surface area (Å²) in [7, 11) is -1.83. The van der Waals surface area contributed by atoms with Gasteiger partial charge in [0.2, 0.25) is 0 Å². The van der Waals surface area contributed by atoms with Gasteiger partial charge in [-0.15, -0.1) is 0 Å². The predicted molar refractivity (Wildman–Crippen MR) is 96.6 cm³/mol. The molecule has 0 saturated heterocycles.